The van der Waals surface area contributed by atoms with Gasteiger partial charge in [-0.3, -0.25) is 4.79 Å². The Morgan fingerprint density at radius 1 is 1.18 bits per heavy atom. The number of hydrogen-bond donors (Lipinski definition) is 1. The maximum absolute atomic E-state index is 12.2. The second kappa shape index (κ2) is 4.21. The van der Waals surface area contributed by atoms with Crippen molar-refractivity contribution in [2.75, 3.05) is 5.32 Å². The summed E-state index contributed by atoms with van der Waals surface area (Å²) in [4.78, 5) is 12.2. The van der Waals surface area contributed by atoms with E-state index in [1.807, 2.05) is 44.6 Å². The van der Waals surface area contributed by atoms with Gasteiger partial charge in [-0.2, -0.15) is 0 Å². The standard InChI is InChI=1S/C14H24N2O/c1-13(2,3)12(17)11-8-10(9-16(11)7)15-14(4,5)6/h8-9,15H,1-7H3. The lowest BCUT2D eigenvalue weighted by Crippen LogP contribution is -2.25. The van der Waals surface area contributed by atoms with Gasteiger partial charge < -0.3 is 9.88 Å². The Kier molecular flexibility index (Phi) is 3.42. The Labute approximate surface area is 104 Å². The summed E-state index contributed by atoms with van der Waals surface area (Å²) in [6.45, 7) is 12.1. The summed E-state index contributed by atoms with van der Waals surface area (Å²) in [5, 5.41) is 3.38. The van der Waals surface area contributed by atoms with E-state index in [-0.39, 0.29) is 16.7 Å². The molecule has 0 saturated heterocycles. The minimum absolute atomic E-state index is 0.00338. The van der Waals surface area contributed by atoms with E-state index in [9.17, 15) is 4.79 Å². The van der Waals surface area contributed by atoms with E-state index < -0.39 is 0 Å². The number of carbonyl (C=O) groups excluding carboxylic acids is 1. The molecule has 0 amide bonds. The van der Waals surface area contributed by atoms with Crippen LogP contribution in [0.2, 0.25) is 0 Å². The Hall–Kier alpha value is -1.25. The number of hydrogen-bond acceptors (Lipinski definition) is 2. The van der Waals surface area contributed by atoms with Crippen molar-refractivity contribution in [3.05, 3.63) is 18.0 Å². The number of nitrogens with one attached hydrogen (secondary N) is 1. The molecule has 0 bridgehead atoms. The molecule has 0 radical (unpaired) electrons. The number of anilines is 1. The molecule has 3 nitrogen and oxygen atoms in total. The zero-order valence-electron chi connectivity index (χ0n) is 12.0. The van der Waals surface area contributed by atoms with Gasteiger partial charge in [-0.25, -0.2) is 0 Å². The monoisotopic (exact) mass is 236 g/mol. The molecule has 17 heavy (non-hydrogen) atoms. The molecule has 0 aliphatic rings. The number of ketones is 1. The highest BCUT2D eigenvalue weighted by Crippen LogP contribution is 2.24. The normalized spacial score (nSPS) is 12.6. The Bertz CT molecular complexity index is 416. The summed E-state index contributed by atoms with van der Waals surface area (Å²) in [6.07, 6.45) is 1.96. The molecule has 0 unspecified atom stereocenters. The number of aryl methyl sites for hydroxylation is 1. The SMILES string of the molecule is Cn1cc(NC(C)(C)C)cc1C(=O)C(C)(C)C. The van der Waals surface area contributed by atoms with E-state index in [1.165, 1.54) is 0 Å². The van der Waals surface area contributed by atoms with Crippen molar-refractivity contribution in [2.45, 2.75) is 47.1 Å². The molecule has 0 atom stereocenters. The molecule has 0 aliphatic carbocycles. The van der Waals surface area contributed by atoms with Crippen LogP contribution in [0, 0.1) is 5.41 Å². The number of nitrogens with zero attached hydrogens (tertiary/aromatic N) is 1. The predicted octanol–water partition coefficient (Wildman–Crippen LogP) is 3.46. The van der Waals surface area contributed by atoms with Gasteiger partial charge in [-0.05, 0) is 26.8 Å². The van der Waals surface area contributed by atoms with E-state index in [2.05, 4.69) is 26.1 Å². The molecule has 1 N–H and O–H groups in total. The molecule has 1 heterocycles. The summed E-state index contributed by atoms with van der Waals surface area (Å²) in [5.74, 6) is 0.168. The summed E-state index contributed by atoms with van der Waals surface area (Å²) in [6, 6.07) is 1.93. The molecule has 0 saturated carbocycles. The lowest BCUT2D eigenvalue weighted by Gasteiger charge is -2.20. The van der Waals surface area contributed by atoms with Gasteiger partial charge in [0.1, 0.15) is 0 Å². The fourth-order valence-corrected chi connectivity index (χ4v) is 1.68. The lowest BCUT2D eigenvalue weighted by atomic mass is 9.89. The fourth-order valence-electron chi connectivity index (χ4n) is 1.68. The highest BCUT2D eigenvalue weighted by molar-refractivity contribution is 5.99. The average molecular weight is 236 g/mol. The molecule has 0 aromatic carbocycles. The van der Waals surface area contributed by atoms with Crippen LogP contribution < -0.4 is 5.32 Å². The summed E-state index contributed by atoms with van der Waals surface area (Å²) >= 11 is 0. The van der Waals surface area contributed by atoms with Crippen LogP contribution in [-0.4, -0.2) is 15.9 Å². The van der Waals surface area contributed by atoms with Crippen LogP contribution in [0.3, 0.4) is 0 Å². The maximum atomic E-state index is 12.2. The smallest absolute Gasteiger partial charge is 0.184 e. The number of rotatable bonds is 2. The molecule has 1 aromatic rings. The highest BCUT2D eigenvalue weighted by atomic mass is 16.1. The van der Waals surface area contributed by atoms with Crippen molar-refractivity contribution in [3.8, 4) is 0 Å². The van der Waals surface area contributed by atoms with Gasteiger partial charge in [-0.15, -0.1) is 0 Å². The van der Waals surface area contributed by atoms with Crippen LogP contribution in [0.15, 0.2) is 12.3 Å². The largest absolute Gasteiger partial charge is 0.379 e. The predicted molar refractivity (Wildman–Crippen MR) is 72.6 cm³/mol. The molecule has 0 aliphatic heterocycles. The van der Waals surface area contributed by atoms with Gasteiger partial charge in [0.05, 0.1) is 11.4 Å². The van der Waals surface area contributed by atoms with Crippen molar-refractivity contribution < 1.29 is 4.79 Å². The van der Waals surface area contributed by atoms with Crippen LogP contribution in [0.1, 0.15) is 52.0 Å². The van der Waals surface area contributed by atoms with Crippen molar-refractivity contribution in [3.63, 3.8) is 0 Å². The van der Waals surface area contributed by atoms with Crippen LogP contribution in [0.25, 0.3) is 0 Å². The quantitative estimate of drug-likeness (QED) is 0.798. The molecule has 3 heteroatoms. The molecular weight excluding hydrogens is 212 g/mol. The number of Topliss-reactive ketones (excluding diaryl/α,β-unsaturated/α-hetero) is 1. The molecule has 0 spiro atoms. The minimum atomic E-state index is -0.342. The van der Waals surface area contributed by atoms with Gasteiger partial charge in [0, 0.05) is 24.2 Å². The van der Waals surface area contributed by atoms with Crippen LogP contribution in [-0.2, 0) is 7.05 Å². The van der Waals surface area contributed by atoms with Gasteiger partial charge in [0.15, 0.2) is 5.78 Å². The van der Waals surface area contributed by atoms with Crippen molar-refractivity contribution in [2.24, 2.45) is 12.5 Å². The molecule has 1 rings (SSSR count). The molecule has 0 fully saturated rings. The third kappa shape index (κ3) is 3.62. The van der Waals surface area contributed by atoms with Crippen molar-refractivity contribution >= 4 is 11.5 Å². The summed E-state index contributed by atoms with van der Waals surface area (Å²) < 4.78 is 1.89. The van der Waals surface area contributed by atoms with Crippen LogP contribution >= 0.6 is 0 Å². The second-order valence-corrected chi connectivity index (χ2v) is 6.68. The highest BCUT2D eigenvalue weighted by Gasteiger charge is 2.25. The maximum Gasteiger partial charge on any atom is 0.184 e. The molecule has 1 aromatic heterocycles. The van der Waals surface area contributed by atoms with Gasteiger partial charge >= 0.3 is 0 Å². The Balaban J connectivity index is 3.01. The van der Waals surface area contributed by atoms with E-state index in [1.54, 1.807) is 0 Å². The Morgan fingerprint density at radius 3 is 2.12 bits per heavy atom. The second-order valence-electron chi connectivity index (χ2n) is 6.68. The summed E-state index contributed by atoms with van der Waals surface area (Å²) in [7, 11) is 1.91. The summed E-state index contributed by atoms with van der Waals surface area (Å²) in [5.41, 5.74) is 1.41. The van der Waals surface area contributed by atoms with Crippen LogP contribution in [0.4, 0.5) is 5.69 Å². The van der Waals surface area contributed by atoms with Crippen molar-refractivity contribution in [1.29, 1.82) is 0 Å². The van der Waals surface area contributed by atoms with E-state index in [4.69, 9.17) is 0 Å². The third-order valence-electron chi connectivity index (χ3n) is 2.44. The van der Waals surface area contributed by atoms with Gasteiger partial charge in [0.25, 0.3) is 0 Å². The van der Waals surface area contributed by atoms with Crippen LogP contribution in [0.5, 0.6) is 0 Å². The first kappa shape index (κ1) is 13.8. The zero-order chi connectivity index (χ0) is 13.4. The first-order chi connectivity index (χ1) is 7.50. The van der Waals surface area contributed by atoms with E-state index in [0.29, 0.717) is 0 Å². The lowest BCUT2D eigenvalue weighted by molar-refractivity contribution is 0.0849. The van der Waals surface area contributed by atoms with Crippen molar-refractivity contribution in [1.82, 2.24) is 4.57 Å². The van der Waals surface area contributed by atoms with Gasteiger partial charge in [-0.1, -0.05) is 20.8 Å². The Morgan fingerprint density at radius 2 is 1.71 bits per heavy atom. The molecular formula is C14H24N2O. The molecule has 96 valence electrons. The fraction of sp³-hybridized carbons (Fsp3) is 0.643. The van der Waals surface area contributed by atoms with E-state index >= 15 is 0 Å². The topological polar surface area (TPSA) is 34.0 Å². The number of carbonyl (C=O) groups is 1. The third-order valence-corrected chi connectivity index (χ3v) is 2.44. The average Bonchev–Trinajstić information content (AvgIpc) is 2.40. The first-order valence-electron chi connectivity index (χ1n) is 6.00. The number of aromatic nitrogens is 1. The minimum Gasteiger partial charge on any atom is -0.379 e. The first-order valence-corrected chi connectivity index (χ1v) is 6.00. The van der Waals surface area contributed by atoms with E-state index in [0.717, 1.165) is 11.4 Å². The zero-order valence-corrected chi connectivity index (χ0v) is 12.0. The van der Waals surface area contributed by atoms with Gasteiger partial charge in [0.2, 0.25) is 0 Å².